The number of nitrogens with zero attached hydrogens (tertiary/aromatic N) is 3. The summed E-state index contributed by atoms with van der Waals surface area (Å²) in [7, 11) is 1.49. The average Bonchev–Trinajstić information content (AvgIpc) is 3.05. The summed E-state index contributed by atoms with van der Waals surface area (Å²) < 4.78 is 20.6. The van der Waals surface area contributed by atoms with E-state index in [2.05, 4.69) is 19.8 Å². The Hall–Kier alpha value is -1.96. The van der Waals surface area contributed by atoms with Crippen molar-refractivity contribution in [2.75, 3.05) is 26.8 Å². The second-order valence-corrected chi connectivity index (χ2v) is 6.51. The van der Waals surface area contributed by atoms with Gasteiger partial charge in [0.15, 0.2) is 0 Å². The van der Waals surface area contributed by atoms with Gasteiger partial charge in [-0.2, -0.15) is 0 Å². The molecule has 3 rings (SSSR count). The molecule has 1 amide bonds. The maximum Gasteiger partial charge on any atom is 0.246 e. The van der Waals surface area contributed by atoms with Crippen LogP contribution in [-0.2, 0) is 22.6 Å². The van der Waals surface area contributed by atoms with Gasteiger partial charge in [0.05, 0.1) is 23.1 Å². The number of rotatable bonds is 6. The molecule has 0 unspecified atom stereocenters. The van der Waals surface area contributed by atoms with Crippen LogP contribution in [-0.4, -0.2) is 47.2 Å². The summed E-state index contributed by atoms with van der Waals surface area (Å²) in [5.74, 6) is -0.564. The number of benzene rings is 1. The van der Waals surface area contributed by atoms with E-state index in [0.29, 0.717) is 19.6 Å². The Balaban J connectivity index is 1.68. The largest absolute Gasteiger partial charge is 0.375 e. The molecule has 1 aliphatic heterocycles. The van der Waals surface area contributed by atoms with Crippen LogP contribution < -0.4 is 5.32 Å². The molecule has 0 saturated heterocycles. The summed E-state index contributed by atoms with van der Waals surface area (Å²) in [5, 5.41) is 2.99. The van der Waals surface area contributed by atoms with Crippen LogP contribution in [0, 0.1) is 5.82 Å². The first-order valence-corrected chi connectivity index (χ1v) is 8.37. The van der Waals surface area contributed by atoms with Crippen molar-refractivity contribution in [3.63, 3.8) is 0 Å². The fourth-order valence-electron chi connectivity index (χ4n) is 3.06. The number of hydrogen-bond acceptors (Lipinski definition) is 4. The van der Waals surface area contributed by atoms with Crippen molar-refractivity contribution < 1.29 is 13.9 Å². The molecule has 0 spiro atoms. The van der Waals surface area contributed by atoms with Crippen molar-refractivity contribution in [2.45, 2.75) is 19.1 Å². The van der Waals surface area contributed by atoms with Crippen molar-refractivity contribution in [3.8, 4) is 0 Å². The first kappa shape index (κ1) is 17.8. The highest BCUT2D eigenvalue weighted by molar-refractivity contribution is 6.30. The summed E-state index contributed by atoms with van der Waals surface area (Å²) in [6.07, 6.45) is 3.60. The summed E-state index contributed by atoms with van der Waals surface area (Å²) in [6, 6.07) is 4.92. The first-order chi connectivity index (χ1) is 12.1. The number of amides is 1. The van der Waals surface area contributed by atoms with Gasteiger partial charge in [-0.05, 0) is 17.7 Å². The molecule has 2 heterocycles. The number of carbonyl (C=O) groups is 1. The third kappa shape index (κ3) is 4.36. The Kier molecular flexibility index (Phi) is 5.67. The molecule has 0 radical (unpaired) electrons. The number of halogens is 2. The number of hydrogen-bond donors (Lipinski definition) is 1. The van der Waals surface area contributed by atoms with Crippen LogP contribution in [0.15, 0.2) is 30.7 Å². The number of carbonyl (C=O) groups excluding carboxylic acids is 1. The second-order valence-electron chi connectivity index (χ2n) is 6.10. The zero-order chi connectivity index (χ0) is 17.8. The molecule has 2 aromatic rings. The molecule has 1 aliphatic rings. The van der Waals surface area contributed by atoms with Gasteiger partial charge in [-0.1, -0.05) is 17.7 Å². The summed E-state index contributed by atoms with van der Waals surface area (Å²) in [5.41, 5.74) is 1.92. The molecule has 0 bridgehead atoms. The molecule has 6 nitrogen and oxygen atoms in total. The van der Waals surface area contributed by atoms with Crippen LogP contribution in [0.2, 0.25) is 5.02 Å². The number of nitrogens with one attached hydrogen (secondary N) is 1. The molecule has 0 aliphatic carbocycles. The predicted octanol–water partition coefficient (Wildman–Crippen LogP) is 2.00. The smallest absolute Gasteiger partial charge is 0.246 e. The van der Waals surface area contributed by atoms with Crippen LogP contribution in [0.5, 0.6) is 0 Å². The van der Waals surface area contributed by atoms with Crippen molar-refractivity contribution in [1.82, 2.24) is 19.8 Å². The molecule has 1 aromatic heterocycles. The van der Waals surface area contributed by atoms with Crippen LogP contribution >= 0.6 is 11.6 Å². The van der Waals surface area contributed by atoms with Gasteiger partial charge in [-0.25, -0.2) is 9.37 Å². The lowest BCUT2D eigenvalue weighted by Gasteiger charge is -2.34. The van der Waals surface area contributed by atoms with E-state index in [1.807, 2.05) is 12.3 Å². The standard InChI is InChI=1S/C17H20ClFN4O2/c1-25-10-17(24)21-6-14-9-22(8-13-5-20-11-23(13)14)7-12-2-3-15(18)16(19)4-12/h2-5,11,14H,6-10H2,1H3,(H,21,24)/t14-/m0/s1. The Bertz CT molecular complexity index is 752. The topological polar surface area (TPSA) is 59.4 Å². The summed E-state index contributed by atoms with van der Waals surface area (Å²) in [4.78, 5) is 18.1. The van der Waals surface area contributed by atoms with Gasteiger partial charge in [0, 0.05) is 39.5 Å². The minimum absolute atomic E-state index is 0.0390. The van der Waals surface area contributed by atoms with Gasteiger partial charge >= 0.3 is 0 Å². The van der Waals surface area contributed by atoms with Gasteiger partial charge in [0.25, 0.3) is 0 Å². The molecule has 1 atom stereocenters. The van der Waals surface area contributed by atoms with E-state index >= 15 is 0 Å². The molecule has 8 heteroatoms. The van der Waals surface area contributed by atoms with E-state index in [1.54, 1.807) is 12.4 Å². The van der Waals surface area contributed by atoms with E-state index in [9.17, 15) is 9.18 Å². The molecular formula is C17H20ClFN4O2. The lowest BCUT2D eigenvalue weighted by molar-refractivity contribution is -0.124. The predicted molar refractivity (Wildman–Crippen MR) is 91.7 cm³/mol. The van der Waals surface area contributed by atoms with Crippen molar-refractivity contribution in [2.24, 2.45) is 0 Å². The number of ether oxygens (including phenoxy) is 1. The molecule has 25 heavy (non-hydrogen) atoms. The third-order valence-electron chi connectivity index (χ3n) is 4.19. The van der Waals surface area contributed by atoms with Gasteiger partial charge in [0.2, 0.25) is 5.91 Å². The van der Waals surface area contributed by atoms with E-state index < -0.39 is 5.82 Å². The van der Waals surface area contributed by atoms with Crippen molar-refractivity contribution in [1.29, 1.82) is 0 Å². The quantitative estimate of drug-likeness (QED) is 0.849. The molecule has 0 saturated carbocycles. The van der Waals surface area contributed by atoms with Crippen LogP contribution in [0.25, 0.3) is 0 Å². The molecular weight excluding hydrogens is 347 g/mol. The van der Waals surface area contributed by atoms with Gasteiger partial charge in [0.1, 0.15) is 12.4 Å². The molecule has 1 N–H and O–H groups in total. The zero-order valence-electron chi connectivity index (χ0n) is 13.9. The zero-order valence-corrected chi connectivity index (χ0v) is 14.7. The Morgan fingerprint density at radius 3 is 3.12 bits per heavy atom. The van der Waals surface area contributed by atoms with Gasteiger partial charge < -0.3 is 14.6 Å². The maximum absolute atomic E-state index is 13.7. The minimum atomic E-state index is -0.412. The lowest BCUT2D eigenvalue weighted by atomic mass is 10.1. The number of imidazole rings is 1. The fraction of sp³-hybridized carbons (Fsp3) is 0.412. The third-order valence-corrected chi connectivity index (χ3v) is 4.50. The maximum atomic E-state index is 13.7. The molecule has 0 fully saturated rings. The number of methoxy groups -OCH3 is 1. The van der Waals surface area contributed by atoms with E-state index in [-0.39, 0.29) is 23.6 Å². The Labute approximate surface area is 150 Å². The van der Waals surface area contributed by atoms with E-state index in [0.717, 1.165) is 17.8 Å². The highest BCUT2D eigenvalue weighted by Gasteiger charge is 2.25. The van der Waals surface area contributed by atoms with Crippen LogP contribution in [0.3, 0.4) is 0 Å². The Morgan fingerprint density at radius 1 is 1.52 bits per heavy atom. The number of fused-ring (bicyclic) bond motifs is 1. The SMILES string of the molecule is COCC(=O)NC[C@H]1CN(Cc2ccc(Cl)c(F)c2)Cc2cncn21. The monoisotopic (exact) mass is 366 g/mol. The van der Waals surface area contributed by atoms with Crippen LogP contribution in [0.1, 0.15) is 17.3 Å². The normalized spacial score (nSPS) is 17.3. The molecule has 134 valence electrons. The van der Waals surface area contributed by atoms with Gasteiger partial charge in [-0.3, -0.25) is 9.69 Å². The Morgan fingerprint density at radius 2 is 2.36 bits per heavy atom. The van der Waals surface area contributed by atoms with E-state index in [4.69, 9.17) is 16.3 Å². The highest BCUT2D eigenvalue weighted by atomic mass is 35.5. The van der Waals surface area contributed by atoms with Gasteiger partial charge in [-0.15, -0.1) is 0 Å². The summed E-state index contributed by atoms with van der Waals surface area (Å²) >= 11 is 5.74. The number of aromatic nitrogens is 2. The van der Waals surface area contributed by atoms with Crippen LogP contribution in [0.4, 0.5) is 4.39 Å². The van der Waals surface area contributed by atoms with E-state index in [1.165, 1.54) is 13.2 Å². The molecule has 1 aromatic carbocycles. The minimum Gasteiger partial charge on any atom is -0.375 e. The summed E-state index contributed by atoms with van der Waals surface area (Å²) in [6.45, 7) is 2.56. The average molecular weight is 367 g/mol. The highest BCUT2D eigenvalue weighted by Crippen LogP contribution is 2.23. The van der Waals surface area contributed by atoms with Crippen molar-refractivity contribution in [3.05, 3.63) is 52.8 Å². The van der Waals surface area contributed by atoms with Crippen molar-refractivity contribution >= 4 is 17.5 Å². The first-order valence-electron chi connectivity index (χ1n) is 7.99. The second kappa shape index (κ2) is 7.95. The fourth-order valence-corrected chi connectivity index (χ4v) is 3.17. The lowest BCUT2D eigenvalue weighted by Crippen LogP contribution is -2.42.